The fourth-order valence-corrected chi connectivity index (χ4v) is 4.28. The van der Waals surface area contributed by atoms with E-state index in [9.17, 15) is 13.2 Å². The van der Waals surface area contributed by atoms with Gasteiger partial charge in [-0.2, -0.15) is 13.2 Å². The Kier molecular flexibility index (Phi) is 6.61. The van der Waals surface area contributed by atoms with Crippen LogP contribution in [0.5, 0.6) is 5.75 Å². The summed E-state index contributed by atoms with van der Waals surface area (Å²) in [5.41, 5.74) is 3.66. The van der Waals surface area contributed by atoms with Crippen LogP contribution in [0.3, 0.4) is 0 Å². The van der Waals surface area contributed by atoms with Crippen LogP contribution in [0.4, 0.5) is 5.69 Å². The molecule has 0 saturated heterocycles. The first-order valence-electron chi connectivity index (χ1n) is 10.8. The van der Waals surface area contributed by atoms with E-state index in [4.69, 9.17) is 9.15 Å². The molecule has 0 aliphatic carbocycles. The first-order valence-corrected chi connectivity index (χ1v) is 12.3. The fraction of sp³-hybridized carbons (Fsp3) is 0.154. The Balaban J connectivity index is 1.82. The molecule has 180 valence electrons. The Morgan fingerprint density at radius 1 is 0.971 bits per heavy atom. The number of amides is 1. The van der Waals surface area contributed by atoms with Crippen molar-refractivity contribution in [2.75, 3.05) is 12.4 Å². The lowest BCUT2D eigenvalue weighted by Crippen LogP contribution is -2.27. The Bertz CT molecular complexity index is 1590. The van der Waals surface area contributed by atoms with Crippen molar-refractivity contribution in [3.8, 4) is 5.75 Å². The standard InChI is InChI=1S/C26H25N3O5S/c1-16-11-13-20(14-12-16)35(31,32)29-28-26-21(15-19-8-6-10-23(33-4)24(19)34-26)25(30)27-22-9-5-7-17(2)18(22)3/h5-15,29H,1-4H3,(H,27,30)/b28-26-. The molecule has 0 aliphatic rings. The van der Waals surface area contributed by atoms with Crippen molar-refractivity contribution < 1.29 is 22.4 Å². The lowest BCUT2D eigenvalue weighted by atomic mass is 10.1. The molecule has 1 aromatic heterocycles. The number of sulfonamides is 1. The van der Waals surface area contributed by atoms with Crippen molar-refractivity contribution in [3.63, 3.8) is 0 Å². The van der Waals surface area contributed by atoms with Crippen LogP contribution in [0.25, 0.3) is 11.0 Å². The van der Waals surface area contributed by atoms with Crippen LogP contribution in [0.15, 0.2) is 81.1 Å². The molecule has 4 aromatic rings. The molecule has 0 saturated carbocycles. The molecule has 3 aromatic carbocycles. The number of carbonyl (C=O) groups excluding carboxylic acids is 1. The summed E-state index contributed by atoms with van der Waals surface area (Å²) in [6, 6.07) is 18.7. The number of hydrogen-bond donors (Lipinski definition) is 2. The zero-order valence-corrected chi connectivity index (χ0v) is 20.6. The summed E-state index contributed by atoms with van der Waals surface area (Å²) >= 11 is 0. The van der Waals surface area contributed by atoms with Gasteiger partial charge in [0.05, 0.1) is 12.0 Å². The van der Waals surface area contributed by atoms with Gasteiger partial charge in [-0.1, -0.05) is 42.0 Å². The molecule has 4 rings (SSSR count). The highest BCUT2D eigenvalue weighted by Gasteiger charge is 2.18. The van der Waals surface area contributed by atoms with Gasteiger partial charge in [0.25, 0.3) is 15.9 Å². The van der Waals surface area contributed by atoms with Gasteiger partial charge in [0.1, 0.15) is 5.56 Å². The maximum atomic E-state index is 13.3. The second-order valence-corrected chi connectivity index (χ2v) is 9.73. The Labute approximate surface area is 203 Å². The van der Waals surface area contributed by atoms with Gasteiger partial charge in [0.15, 0.2) is 11.3 Å². The minimum Gasteiger partial charge on any atom is -0.493 e. The molecular formula is C26H25N3O5S. The van der Waals surface area contributed by atoms with E-state index >= 15 is 0 Å². The highest BCUT2D eigenvalue weighted by molar-refractivity contribution is 7.89. The maximum absolute atomic E-state index is 13.3. The SMILES string of the molecule is COc1cccc2cc(C(=O)Nc3cccc(C)c3C)/c(=N/NS(=O)(=O)c3ccc(C)cc3)oc12. The smallest absolute Gasteiger partial charge is 0.276 e. The monoisotopic (exact) mass is 491 g/mol. The molecule has 0 bridgehead atoms. The predicted octanol–water partition coefficient (Wildman–Crippen LogP) is 4.41. The summed E-state index contributed by atoms with van der Waals surface area (Å²) in [7, 11) is -2.51. The lowest BCUT2D eigenvalue weighted by Gasteiger charge is -2.11. The van der Waals surface area contributed by atoms with Crippen molar-refractivity contribution in [1.29, 1.82) is 0 Å². The molecule has 0 unspecified atom stereocenters. The Hall–Kier alpha value is -4.11. The van der Waals surface area contributed by atoms with Crippen LogP contribution in [-0.2, 0) is 10.0 Å². The van der Waals surface area contributed by atoms with Crippen LogP contribution >= 0.6 is 0 Å². The molecule has 0 atom stereocenters. The van der Waals surface area contributed by atoms with Gasteiger partial charge in [-0.3, -0.25) is 4.79 Å². The van der Waals surface area contributed by atoms with Gasteiger partial charge in [-0.05, 0) is 62.2 Å². The predicted molar refractivity (Wildman–Crippen MR) is 134 cm³/mol. The molecule has 2 N–H and O–H groups in total. The first kappa shape index (κ1) is 24.0. The molecule has 35 heavy (non-hydrogen) atoms. The number of ether oxygens (including phenoxy) is 1. The van der Waals surface area contributed by atoms with Crippen LogP contribution in [0.1, 0.15) is 27.0 Å². The molecule has 0 fully saturated rings. The maximum Gasteiger partial charge on any atom is 0.276 e. The largest absolute Gasteiger partial charge is 0.493 e. The molecule has 0 radical (unpaired) electrons. The van der Waals surface area contributed by atoms with Gasteiger partial charge in [0.2, 0.25) is 5.55 Å². The summed E-state index contributed by atoms with van der Waals surface area (Å²) in [5.74, 6) is -0.0812. The minimum atomic E-state index is -4.00. The zero-order valence-electron chi connectivity index (χ0n) is 19.7. The van der Waals surface area contributed by atoms with E-state index in [0.717, 1.165) is 16.7 Å². The van der Waals surface area contributed by atoms with E-state index in [1.54, 1.807) is 42.5 Å². The number of benzene rings is 3. The van der Waals surface area contributed by atoms with E-state index in [0.29, 0.717) is 22.4 Å². The van der Waals surface area contributed by atoms with Crippen LogP contribution < -0.4 is 20.4 Å². The molecule has 1 heterocycles. The van der Waals surface area contributed by atoms with Gasteiger partial charge in [-0.25, -0.2) is 0 Å². The van der Waals surface area contributed by atoms with Gasteiger partial charge in [0, 0.05) is 11.1 Å². The van der Waals surface area contributed by atoms with Crippen molar-refractivity contribution in [1.82, 2.24) is 4.83 Å². The molecular weight excluding hydrogens is 466 g/mol. The number of fused-ring (bicyclic) bond motifs is 1. The van der Waals surface area contributed by atoms with Crippen molar-refractivity contribution >= 4 is 32.6 Å². The molecule has 0 aliphatic heterocycles. The second-order valence-electron chi connectivity index (χ2n) is 8.07. The van der Waals surface area contributed by atoms with Gasteiger partial charge in [-0.15, -0.1) is 5.10 Å². The lowest BCUT2D eigenvalue weighted by molar-refractivity contribution is 0.102. The molecule has 9 heteroatoms. The van der Waals surface area contributed by atoms with E-state index in [1.807, 2.05) is 32.9 Å². The first-order chi connectivity index (χ1) is 16.7. The number of nitrogens with one attached hydrogen (secondary N) is 2. The number of rotatable bonds is 6. The third kappa shape index (κ3) is 5.04. The third-order valence-corrected chi connectivity index (χ3v) is 6.88. The average molecular weight is 492 g/mol. The summed E-state index contributed by atoms with van der Waals surface area (Å²) in [6.07, 6.45) is 0. The average Bonchev–Trinajstić information content (AvgIpc) is 2.84. The van der Waals surface area contributed by atoms with Crippen molar-refractivity contribution in [2.24, 2.45) is 5.10 Å². The van der Waals surface area contributed by atoms with E-state index in [1.165, 1.54) is 19.2 Å². The zero-order chi connectivity index (χ0) is 25.2. The second kappa shape index (κ2) is 9.63. The quantitative estimate of drug-likeness (QED) is 0.388. The number of para-hydroxylation sites is 1. The van der Waals surface area contributed by atoms with Gasteiger partial charge < -0.3 is 14.5 Å². The van der Waals surface area contributed by atoms with E-state index in [2.05, 4.69) is 15.2 Å². The number of methoxy groups -OCH3 is 1. The molecule has 0 spiro atoms. The molecule has 1 amide bonds. The number of hydrogen-bond acceptors (Lipinski definition) is 6. The fourth-order valence-electron chi connectivity index (χ4n) is 3.48. The van der Waals surface area contributed by atoms with Crippen LogP contribution in [0.2, 0.25) is 0 Å². The topological polar surface area (TPSA) is 110 Å². The highest BCUT2D eigenvalue weighted by atomic mass is 32.2. The number of aryl methyl sites for hydroxylation is 2. The summed E-state index contributed by atoms with van der Waals surface area (Å²) in [6.45, 7) is 5.71. The van der Waals surface area contributed by atoms with E-state index < -0.39 is 15.9 Å². The Morgan fingerprint density at radius 3 is 2.40 bits per heavy atom. The number of anilines is 1. The third-order valence-electron chi connectivity index (χ3n) is 5.65. The van der Waals surface area contributed by atoms with E-state index in [-0.39, 0.29) is 16.0 Å². The number of carbonyl (C=O) groups is 1. The van der Waals surface area contributed by atoms with Crippen LogP contribution in [0, 0.1) is 20.8 Å². The minimum absolute atomic E-state index is 0.0339. The van der Waals surface area contributed by atoms with Crippen molar-refractivity contribution in [2.45, 2.75) is 25.7 Å². The number of nitrogens with zero attached hydrogens (tertiary/aromatic N) is 1. The summed E-state index contributed by atoms with van der Waals surface area (Å²) in [4.78, 5) is 15.5. The normalized spacial score (nSPS) is 11.9. The van der Waals surface area contributed by atoms with Crippen LogP contribution in [-0.4, -0.2) is 21.4 Å². The van der Waals surface area contributed by atoms with Crippen molar-refractivity contribution in [3.05, 3.63) is 94.5 Å². The van der Waals surface area contributed by atoms with Gasteiger partial charge >= 0.3 is 0 Å². The highest BCUT2D eigenvalue weighted by Crippen LogP contribution is 2.25. The summed E-state index contributed by atoms with van der Waals surface area (Å²) in [5, 5.41) is 7.45. The Morgan fingerprint density at radius 2 is 1.69 bits per heavy atom. The molecule has 8 nitrogen and oxygen atoms in total. The summed E-state index contributed by atoms with van der Waals surface area (Å²) < 4.78 is 36.8.